The standard InChI is InChI=1S/C35H71Br/c1-3-5-7-9-11-13-15-17-19-21-23-25-27-29-31-33-35(36)34-32-30-28-26-24-22-20-18-16-14-12-10-8-6-4-2/h35H,3-34H2,1-2H3. The highest BCUT2D eigenvalue weighted by molar-refractivity contribution is 9.09. The summed E-state index contributed by atoms with van der Waals surface area (Å²) in [5.74, 6) is 0. The highest BCUT2D eigenvalue weighted by Gasteiger charge is 2.04. The van der Waals surface area contributed by atoms with Crippen molar-refractivity contribution in [3.05, 3.63) is 0 Å². The van der Waals surface area contributed by atoms with Gasteiger partial charge in [-0.15, -0.1) is 0 Å². The number of unbranched alkanes of at least 4 members (excludes halogenated alkanes) is 28. The van der Waals surface area contributed by atoms with Crippen LogP contribution in [0.4, 0.5) is 0 Å². The summed E-state index contributed by atoms with van der Waals surface area (Å²) in [6.45, 7) is 4.61. The maximum Gasteiger partial charge on any atom is 0.0145 e. The molecule has 0 aromatic carbocycles. The largest absolute Gasteiger partial charge is 0.0891 e. The molecule has 0 fully saturated rings. The fourth-order valence-electron chi connectivity index (χ4n) is 5.62. The molecule has 0 aliphatic heterocycles. The molecule has 0 spiro atoms. The fraction of sp³-hybridized carbons (Fsp3) is 1.00. The van der Waals surface area contributed by atoms with Gasteiger partial charge in [0.15, 0.2) is 0 Å². The normalized spacial score (nSPS) is 11.7. The molecule has 0 aliphatic carbocycles. The molecule has 0 saturated heterocycles. The van der Waals surface area contributed by atoms with Crippen molar-refractivity contribution in [2.45, 2.75) is 224 Å². The van der Waals surface area contributed by atoms with Crippen LogP contribution in [-0.2, 0) is 0 Å². The Hall–Kier alpha value is 0.480. The minimum Gasteiger partial charge on any atom is -0.0891 e. The maximum atomic E-state index is 3.96. The lowest BCUT2D eigenvalue weighted by atomic mass is 10.0. The van der Waals surface area contributed by atoms with Crippen LogP contribution in [0.25, 0.3) is 0 Å². The van der Waals surface area contributed by atoms with Crippen LogP contribution in [-0.4, -0.2) is 4.83 Å². The molecule has 0 aromatic heterocycles. The predicted octanol–water partition coefficient (Wildman–Crippen LogP) is 14.3. The Labute approximate surface area is 239 Å². The van der Waals surface area contributed by atoms with Gasteiger partial charge in [-0.25, -0.2) is 0 Å². The molecule has 0 nitrogen and oxygen atoms in total. The van der Waals surface area contributed by atoms with Crippen molar-refractivity contribution < 1.29 is 0 Å². The van der Waals surface area contributed by atoms with Gasteiger partial charge in [-0.1, -0.05) is 222 Å². The van der Waals surface area contributed by atoms with E-state index in [0.717, 1.165) is 4.83 Å². The van der Waals surface area contributed by atoms with Crippen molar-refractivity contribution in [2.75, 3.05) is 0 Å². The summed E-state index contributed by atoms with van der Waals surface area (Å²) >= 11 is 3.96. The first-order chi connectivity index (χ1) is 17.8. The smallest absolute Gasteiger partial charge is 0.0145 e. The molecule has 0 atom stereocenters. The van der Waals surface area contributed by atoms with E-state index in [2.05, 4.69) is 29.8 Å². The topological polar surface area (TPSA) is 0 Å². The van der Waals surface area contributed by atoms with Gasteiger partial charge in [0.2, 0.25) is 0 Å². The molecular formula is C35H71Br. The molecule has 0 bridgehead atoms. The highest BCUT2D eigenvalue weighted by Crippen LogP contribution is 2.20. The van der Waals surface area contributed by atoms with Gasteiger partial charge in [0, 0.05) is 4.83 Å². The molecule has 1 heteroatoms. The van der Waals surface area contributed by atoms with Gasteiger partial charge in [0.05, 0.1) is 0 Å². The summed E-state index contributed by atoms with van der Waals surface area (Å²) in [6.07, 6.45) is 46.7. The van der Waals surface area contributed by atoms with Crippen LogP contribution >= 0.6 is 15.9 Å². The van der Waals surface area contributed by atoms with Gasteiger partial charge < -0.3 is 0 Å². The first kappa shape index (κ1) is 36.5. The lowest BCUT2D eigenvalue weighted by Crippen LogP contribution is -1.98. The molecule has 0 heterocycles. The monoisotopic (exact) mass is 570 g/mol. The van der Waals surface area contributed by atoms with Gasteiger partial charge in [-0.2, -0.15) is 0 Å². The Morgan fingerprint density at radius 1 is 0.278 bits per heavy atom. The number of rotatable bonds is 32. The lowest BCUT2D eigenvalue weighted by Gasteiger charge is -2.09. The van der Waals surface area contributed by atoms with Crippen molar-refractivity contribution in [1.29, 1.82) is 0 Å². The summed E-state index contributed by atoms with van der Waals surface area (Å²) in [6, 6.07) is 0. The van der Waals surface area contributed by atoms with Crippen molar-refractivity contribution in [1.82, 2.24) is 0 Å². The van der Waals surface area contributed by atoms with Crippen molar-refractivity contribution in [2.24, 2.45) is 0 Å². The van der Waals surface area contributed by atoms with Crippen LogP contribution in [0.3, 0.4) is 0 Å². The molecule has 36 heavy (non-hydrogen) atoms. The average molecular weight is 572 g/mol. The third kappa shape index (κ3) is 32.5. The zero-order valence-corrected chi connectivity index (χ0v) is 27.2. The molecule has 0 radical (unpaired) electrons. The van der Waals surface area contributed by atoms with E-state index in [1.165, 1.54) is 205 Å². The van der Waals surface area contributed by atoms with E-state index < -0.39 is 0 Å². The third-order valence-electron chi connectivity index (χ3n) is 8.24. The molecule has 0 rings (SSSR count). The van der Waals surface area contributed by atoms with Crippen LogP contribution in [0.2, 0.25) is 0 Å². The molecule has 0 aliphatic rings. The Morgan fingerprint density at radius 3 is 0.639 bits per heavy atom. The summed E-state index contributed by atoms with van der Waals surface area (Å²) in [5.41, 5.74) is 0. The molecule has 0 aromatic rings. The van der Waals surface area contributed by atoms with E-state index in [1.54, 1.807) is 0 Å². The highest BCUT2D eigenvalue weighted by atomic mass is 79.9. The second-order valence-electron chi connectivity index (χ2n) is 12.1. The second-order valence-corrected chi connectivity index (χ2v) is 13.4. The number of hydrogen-bond acceptors (Lipinski definition) is 0. The van der Waals surface area contributed by atoms with Crippen molar-refractivity contribution in [3.8, 4) is 0 Å². The molecule has 0 amide bonds. The van der Waals surface area contributed by atoms with Crippen molar-refractivity contribution in [3.63, 3.8) is 0 Å². The lowest BCUT2D eigenvalue weighted by molar-refractivity contribution is 0.517. The predicted molar refractivity (Wildman–Crippen MR) is 172 cm³/mol. The Balaban J connectivity index is 3.13. The van der Waals surface area contributed by atoms with E-state index in [0.29, 0.717) is 0 Å². The van der Waals surface area contributed by atoms with Crippen molar-refractivity contribution >= 4 is 15.9 Å². The Bertz CT molecular complexity index is 332. The Morgan fingerprint density at radius 2 is 0.444 bits per heavy atom. The number of alkyl halides is 1. The van der Waals surface area contributed by atoms with E-state index in [4.69, 9.17) is 0 Å². The van der Waals surface area contributed by atoms with Crippen LogP contribution in [0.1, 0.15) is 219 Å². The summed E-state index contributed by atoms with van der Waals surface area (Å²) in [4.78, 5) is 0.779. The zero-order chi connectivity index (χ0) is 26.2. The first-order valence-corrected chi connectivity index (χ1v) is 18.4. The van der Waals surface area contributed by atoms with E-state index in [1.807, 2.05) is 0 Å². The average Bonchev–Trinajstić information content (AvgIpc) is 2.88. The molecular weight excluding hydrogens is 500 g/mol. The summed E-state index contributed by atoms with van der Waals surface area (Å²) < 4.78 is 0. The maximum absolute atomic E-state index is 3.96. The summed E-state index contributed by atoms with van der Waals surface area (Å²) in [5, 5.41) is 0. The number of hydrogen-bond donors (Lipinski definition) is 0. The van der Waals surface area contributed by atoms with Gasteiger partial charge in [-0.3, -0.25) is 0 Å². The van der Waals surface area contributed by atoms with E-state index >= 15 is 0 Å². The first-order valence-electron chi connectivity index (χ1n) is 17.4. The van der Waals surface area contributed by atoms with Crippen LogP contribution in [0.15, 0.2) is 0 Å². The minimum absolute atomic E-state index is 0.779. The summed E-state index contributed by atoms with van der Waals surface area (Å²) in [7, 11) is 0. The quantitative estimate of drug-likeness (QED) is 0.0556. The SMILES string of the molecule is CCCCCCCCCCCCCCCCCC(Br)CCCCCCCCCCCCCCCCC. The minimum atomic E-state index is 0.779. The second kappa shape index (κ2) is 33.5. The molecule has 0 N–H and O–H groups in total. The van der Waals surface area contributed by atoms with Crippen LogP contribution in [0, 0.1) is 0 Å². The number of halogens is 1. The molecule has 0 saturated carbocycles. The van der Waals surface area contributed by atoms with Gasteiger partial charge in [-0.05, 0) is 12.8 Å². The van der Waals surface area contributed by atoms with E-state index in [-0.39, 0.29) is 0 Å². The Kier molecular flexibility index (Phi) is 34.0. The van der Waals surface area contributed by atoms with Gasteiger partial charge in [0.1, 0.15) is 0 Å². The van der Waals surface area contributed by atoms with Crippen LogP contribution in [0.5, 0.6) is 0 Å². The molecule has 0 unspecified atom stereocenters. The van der Waals surface area contributed by atoms with Gasteiger partial charge in [0.25, 0.3) is 0 Å². The van der Waals surface area contributed by atoms with Gasteiger partial charge >= 0.3 is 0 Å². The van der Waals surface area contributed by atoms with Crippen LogP contribution < -0.4 is 0 Å². The third-order valence-corrected chi connectivity index (χ3v) is 9.16. The van der Waals surface area contributed by atoms with E-state index in [9.17, 15) is 0 Å². The fourth-order valence-corrected chi connectivity index (χ4v) is 6.27. The zero-order valence-electron chi connectivity index (χ0n) is 25.6. The molecule has 218 valence electrons.